The van der Waals surface area contributed by atoms with Crippen LogP contribution in [-0.2, 0) is 5.88 Å². The Balaban J connectivity index is 2.02. The highest BCUT2D eigenvalue weighted by molar-refractivity contribution is 6.16. The molecule has 1 saturated carbocycles. The summed E-state index contributed by atoms with van der Waals surface area (Å²) in [4.78, 5) is 7.70. The smallest absolute Gasteiger partial charge is 0.109 e. The van der Waals surface area contributed by atoms with E-state index < -0.39 is 0 Å². The first-order valence-corrected chi connectivity index (χ1v) is 5.96. The lowest BCUT2D eigenvalue weighted by atomic mass is 10.0. The minimum absolute atomic E-state index is 0.539. The molecule has 1 N–H and O–H groups in total. The van der Waals surface area contributed by atoms with Gasteiger partial charge in [0, 0.05) is 17.8 Å². The van der Waals surface area contributed by atoms with Crippen molar-refractivity contribution < 1.29 is 0 Å². The first-order chi connectivity index (χ1) is 6.83. The molecule has 2 unspecified atom stereocenters. The summed E-state index contributed by atoms with van der Waals surface area (Å²) in [6, 6.07) is 0. The summed E-state index contributed by atoms with van der Waals surface area (Å²) in [7, 11) is 0. The Morgan fingerprint density at radius 1 is 1.57 bits per heavy atom. The van der Waals surface area contributed by atoms with Crippen LogP contribution in [0.25, 0.3) is 0 Å². The number of imidazole rings is 1. The second kappa shape index (κ2) is 4.35. The van der Waals surface area contributed by atoms with Gasteiger partial charge >= 0.3 is 0 Å². The van der Waals surface area contributed by atoms with Crippen molar-refractivity contribution in [1.82, 2.24) is 9.97 Å². The van der Waals surface area contributed by atoms with Crippen molar-refractivity contribution in [2.75, 3.05) is 0 Å². The van der Waals surface area contributed by atoms with E-state index in [4.69, 9.17) is 11.6 Å². The quantitative estimate of drug-likeness (QED) is 0.764. The molecule has 1 aliphatic carbocycles. The zero-order chi connectivity index (χ0) is 9.97. The van der Waals surface area contributed by atoms with Crippen molar-refractivity contribution in [3.63, 3.8) is 0 Å². The summed E-state index contributed by atoms with van der Waals surface area (Å²) < 4.78 is 0. The molecule has 14 heavy (non-hydrogen) atoms. The van der Waals surface area contributed by atoms with Gasteiger partial charge in [-0.2, -0.15) is 0 Å². The Morgan fingerprint density at radius 2 is 2.43 bits per heavy atom. The van der Waals surface area contributed by atoms with E-state index in [0.29, 0.717) is 11.8 Å². The highest BCUT2D eigenvalue weighted by Crippen LogP contribution is 2.38. The van der Waals surface area contributed by atoms with Crippen LogP contribution in [0.1, 0.15) is 50.0 Å². The topological polar surface area (TPSA) is 28.7 Å². The lowest BCUT2D eigenvalue weighted by Crippen LogP contribution is -1.97. The molecule has 2 nitrogen and oxygen atoms in total. The Hall–Kier alpha value is -0.500. The zero-order valence-corrected chi connectivity index (χ0v) is 9.35. The molecule has 0 bridgehead atoms. The number of nitrogens with one attached hydrogen (secondary N) is 1. The third-order valence-electron chi connectivity index (χ3n) is 3.30. The molecule has 0 aromatic carbocycles. The van der Waals surface area contributed by atoms with E-state index in [2.05, 4.69) is 16.9 Å². The molecule has 0 amide bonds. The predicted molar refractivity (Wildman–Crippen MR) is 58.5 cm³/mol. The molecule has 0 aliphatic heterocycles. The number of nitrogens with zero attached hydrogens (tertiary/aromatic N) is 1. The Labute approximate surface area is 90.1 Å². The van der Waals surface area contributed by atoms with Crippen molar-refractivity contribution in [1.29, 1.82) is 0 Å². The molecule has 2 atom stereocenters. The summed E-state index contributed by atoms with van der Waals surface area (Å²) in [6.07, 6.45) is 7.11. The Kier molecular flexibility index (Phi) is 3.12. The average Bonchev–Trinajstić information content (AvgIpc) is 2.86. The van der Waals surface area contributed by atoms with Crippen molar-refractivity contribution >= 4 is 11.6 Å². The molecule has 0 saturated heterocycles. The third kappa shape index (κ3) is 1.95. The van der Waals surface area contributed by atoms with E-state index in [1.165, 1.54) is 25.7 Å². The fraction of sp³-hybridized carbons (Fsp3) is 0.727. The molecule has 1 fully saturated rings. The number of aromatic amines is 1. The standard InChI is InChI=1S/C11H17ClN2/c1-2-8-3-4-9(5-8)11-13-7-10(6-12)14-11/h7-9H,2-6H2,1H3,(H,13,14). The van der Waals surface area contributed by atoms with Gasteiger partial charge in [-0.25, -0.2) is 4.98 Å². The SMILES string of the molecule is CCC1CCC(c2ncc(CCl)[nH]2)C1. The van der Waals surface area contributed by atoms with E-state index in [9.17, 15) is 0 Å². The van der Waals surface area contributed by atoms with E-state index in [0.717, 1.165) is 17.4 Å². The van der Waals surface area contributed by atoms with Crippen LogP contribution in [0.15, 0.2) is 6.20 Å². The van der Waals surface area contributed by atoms with Crippen molar-refractivity contribution in [3.8, 4) is 0 Å². The van der Waals surface area contributed by atoms with Crippen molar-refractivity contribution in [2.45, 2.75) is 44.4 Å². The lowest BCUT2D eigenvalue weighted by molar-refractivity contribution is 0.517. The molecule has 0 spiro atoms. The summed E-state index contributed by atoms with van der Waals surface area (Å²) in [5, 5.41) is 0. The minimum atomic E-state index is 0.539. The van der Waals surface area contributed by atoms with E-state index >= 15 is 0 Å². The van der Waals surface area contributed by atoms with Gasteiger partial charge in [-0.15, -0.1) is 11.6 Å². The van der Waals surface area contributed by atoms with Crippen LogP contribution in [-0.4, -0.2) is 9.97 Å². The van der Waals surface area contributed by atoms with Crippen LogP contribution in [0.2, 0.25) is 0 Å². The van der Waals surface area contributed by atoms with E-state index in [1.54, 1.807) is 0 Å². The Bertz CT molecular complexity index is 295. The van der Waals surface area contributed by atoms with Crippen LogP contribution in [0.5, 0.6) is 0 Å². The molecular weight excluding hydrogens is 196 g/mol. The average molecular weight is 213 g/mol. The highest BCUT2D eigenvalue weighted by Gasteiger charge is 2.26. The fourth-order valence-corrected chi connectivity index (χ4v) is 2.48. The number of alkyl halides is 1. The van der Waals surface area contributed by atoms with Gasteiger partial charge < -0.3 is 4.98 Å². The zero-order valence-electron chi connectivity index (χ0n) is 8.59. The number of rotatable bonds is 3. The normalized spacial score (nSPS) is 27.0. The van der Waals surface area contributed by atoms with Crippen LogP contribution >= 0.6 is 11.6 Å². The molecule has 1 heterocycles. The van der Waals surface area contributed by atoms with Crippen LogP contribution in [0.3, 0.4) is 0 Å². The van der Waals surface area contributed by atoms with Crippen LogP contribution < -0.4 is 0 Å². The summed E-state index contributed by atoms with van der Waals surface area (Å²) in [5.41, 5.74) is 1.04. The summed E-state index contributed by atoms with van der Waals surface area (Å²) in [6.45, 7) is 2.28. The first-order valence-electron chi connectivity index (χ1n) is 5.43. The minimum Gasteiger partial charge on any atom is -0.345 e. The maximum Gasteiger partial charge on any atom is 0.109 e. The molecule has 1 aromatic heterocycles. The predicted octanol–water partition coefficient (Wildman–Crippen LogP) is 3.44. The first kappa shape index (κ1) is 10.0. The van der Waals surface area contributed by atoms with Gasteiger partial charge in [-0.05, 0) is 25.2 Å². The second-order valence-electron chi connectivity index (χ2n) is 4.21. The molecule has 1 aromatic rings. The van der Waals surface area contributed by atoms with Gasteiger partial charge in [0.15, 0.2) is 0 Å². The number of aromatic nitrogens is 2. The van der Waals surface area contributed by atoms with Crippen LogP contribution in [0.4, 0.5) is 0 Å². The molecule has 0 radical (unpaired) electrons. The molecule has 78 valence electrons. The second-order valence-corrected chi connectivity index (χ2v) is 4.48. The van der Waals surface area contributed by atoms with E-state index in [1.807, 2.05) is 6.20 Å². The maximum atomic E-state index is 5.73. The highest BCUT2D eigenvalue weighted by atomic mass is 35.5. The Morgan fingerprint density at radius 3 is 3.00 bits per heavy atom. The summed E-state index contributed by atoms with van der Waals surface area (Å²) in [5.74, 6) is 3.25. The molecule has 1 aliphatic rings. The largest absolute Gasteiger partial charge is 0.345 e. The number of hydrogen-bond donors (Lipinski definition) is 1. The van der Waals surface area contributed by atoms with Gasteiger partial charge in [0.25, 0.3) is 0 Å². The number of hydrogen-bond acceptors (Lipinski definition) is 1. The van der Waals surface area contributed by atoms with Crippen molar-refractivity contribution in [3.05, 3.63) is 17.7 Å². The van der Waals surface area contributed by atoms with Gasteiger partial charge in [-0.3, -0.25) is 0 Å². The molecular formula is C11H17ClN2. The number of halogens is 1. The van der Waals surface area contributed by atoms with Gasteiger partial charge in [0.1, 0.15) is 5.82 Å². The van der Waals surface area contributed by atoms with Gasteiger partial charge in [-0.1, -0.05) is 13.3 Å². The summed E-state index contributed by atoms with van der Waals surface area (Å²) >= 11 is 5.73. The third-order valence-corrected chi connectivity index (χ3v) is 3.59. The van der Waals surface area contributed by atoms with Crippen LogP contribution in [0, 0.1) is 5.92 Å². The van der Waals surface area contributed by atoms with Gasteiger partial charge in [0.05, 0.1) is 5.88 Å². The molecule has 3 heteroatoms. The van der Waals surface area contributed by atoms with E-state index in [-0.39, 0.29) is 0 Å². The maximum absolute atomic E-state index is 5.73. The fourth-order valence-electron chi connectivity index (χ4n) is 2.35. The molecule has 2 rings (SSSR count). The number of H-pyrrole nitrogens is 1. The lowest BCUT2D eigenvalue weighted by Gasteiger charge is -2.06. The van der Waals surface area contributed by atoms with Gasteiger partial charge in [0.2, 0.25) is 0 Å². The van der Waals surface area contributed by atoms with Crippen molar-refractivity contribution in [2.24, 2.45) is 5.92 Å². The monoisotopic (exact) mass is 212 g/mol.